The number of aryl methyl sites for hydroxylation is 1. The summed E-state index contributed by atoms with van der Waals surface area (Å²) in [6.45, 7) is 4.34. The quantitative estimate of drug-likeness (QED) is 0.774. The summed E-state index contributed by atoms with van der Waals surface area (Å²) in [4.78, 5) is 4.64. The zero-order valence-electron chi connectivity index (χ0n) is 11.5. The van der Waals surface area contributed by atoms with Crippen molar-refractivity contribution in [1.29, 1.82) is 5.26 Å². The van der Waals surface area contributed by atoms with Gasteiger partial charge in [0, 0.05) is 0 Å². The molecular weight excluding hydrogens is 234 g/mol. The van der Waals surface area contributed by atoms with E-state index in [1.165, 1.54) is 11.9 Å². The molecule has 1 aliphatic rings. The number of rotatable bonds is 1. The Bertz CT molecular complexity index is 635. The monoisotopic (exact) mass is 253 g/mol. The number of nitriles is 1. The number of fused-ring (bicyclic) bond motifs is 1. The van der Waals surface area contributed by atoms with Crippen molar-refractivity contribution in [2.24, 2.45) is 11.8 Å². The molecule has 3 rings (SSSR count). The van der Waals surface area contributed by atoms with Crippen molar-refractivity contribution in [3.8, 4) is 6.07 Å². The second kappa shape index (κ2) is 4.70. The first kappa shape index (κ1) is 12.2. The van der Waals surface area contributed by atoms with E-state index in [-0.39, 0.29) is 12.0 Å². The molecule has 1 aromatic heterocycles. The van der Waals surface area contributed by atoms with Crippen molar-refractivity contribution < 1.29 is 0 Å². The van der Waals surface area contributed by atoms with E-state index in [9.17, 15) is 5.26 Å². The minimum absolute atomic E-state index is 0.118. The Labute approximate surface area is 113 Å². The maximum Gasteiger partial charge on any atom is 0.107 e. The standard InChI is InChI=1S/C16H19N3/c1-11-7-8-13(10-17)16(9-11)19-12(2)18-14-5-3-4-6-15(14)19/h3-6,11,13,16H,7-9H2,1-2H3. The molecular formula is C16H19N3. The third-order valence-corrected chi connectivity index (χ3v) is 4.35. The fourth-order valence-electron chi connectivity index (χ4n) is 3.37. The van der Waals surface area contributed by atoms with Gasteiger partial charge in [-0.05, 0) is 44.2 Å². The van der Waals surface area contributed by atoms with E-state index in [4.69, 9.17) is 0 Å². The van der Waals surface area contributed by atoms with Gasteiger partial charge in [-0.1, -0.05) is 19.1 Å². The number of para-hydroxylation sites is 2. The lowest BCUT2D eigenvalue weighted by Gasteiger charge is -2.33. The Morgan fingerprint density at radius 2 is 2.11 bits per heavy atom. The molecule has 3 nitrogen and oxygen atoms in total. The molecule has 1 aliphatic carbocycles. The molecule has 19 heavy (non-hydrogen) atoms. The summed E-state index contributed by atoms with van der Waals surface area (Å²) in [5, 5.41) is 9.43. The van der Waals surface area contributed by atoms with Gasteiger partial charge in [0.2, 0.25) is 0 Å². The lowest BCUT2D eigenvalue weighted by Crippen LogP contribution is -2.26. The molecule has 1 fully saturated rings. The molecule has 1 saturated carbocycles. The second-order valence-corrected chi connectivity index (χ2v) is 5.74. The van der Waals surface area contributed by atoms with Gasteiger partial charge in [-0.2, -0.15) is 5.26 Å². The van der Waals surface area contributed by atoms with E-state index in [1.54, 1.807) is 0 Å². The van der Waals surface area contributed by atoms with Crippen molar-refractivity contribution in [3.63, 3.8) is 0 Å². The number of nitrogens with zero attached hydrogens (tertiary/aromatic N) is 3. The molecule has 0 spiro atoms. The van der Waals surface area contributed by atoms with Crippen LogP contribution in [0.5, 0.6) is 0 Å². The highest BCUT2D eigenvalue weighted by Gasteiger charge is 2.31. The Hall–Kier alpha value is -1.82. The van der Waals surface area contributed by atoms with Crippen molar-refractivity contribution in [3.05, 3.63) is 30.1 Å². The lowest BCUT2D eigenvalue weighted by atomic mass is 9.79. The van der Waals surface area contributed by atoms with Crippen molar-refractivity contribution in [2.75, 3.05) is 0 Å². The molecule has 3 heteroatoms. The molecule has 1 aromatic carbocycles. The van der Waals surface area contributed by atoms with E-state index in [0.717, 1.165) is 24.2 Å². The number of imidazole rings is 1. The SMILES string of the molecule is Cc1nc2ccccc2n1C1CC(C)CCC1C#N. The summed E-state index contributed by atoms with van der Waals surface area (Å²) in [5.74, 6) is 1.84. The minimum atomic E-state index is 0.118. The van der Waals surface area contributed by atoms with Crippen LogP contribution >= 0.6 is 0 Å². The third kappa shape index (κ3) is 2.02. The molecule has 0 bridgehead atoms. The van der Waals surface area contributed by atoms with Crippen LogP contribution in [-0.2, 0) is 0 Å². The zero-order valence-corrected chi connectivity index (χ0v) is 11.5. The minimum Gasteiger partial charge on any atom is -0.324 e. The van der Waals surface area contributed by atoms with Crippen molar-refractivity contribution in [2.45, 2.75) is 39.2 Å². The van der Waals surface area contributed by atoms with Gasteiger partial charge in [-0.3, -0.25) is 0 Å². The van der Waals surface area contributed by atoms with E-state index in [2.05, 4.69) is 28.6 Å². The molecule has 0 saturated heterocycles. The predicted octanol–water partition coefficient (Wildman–Crippen LogP) is 3.85. The van der Waals surface area contributed by atoms with Crippen LogP contribution in [0.4, 0.5) is 0 Å². The van der Waals surface area contributed by atoms with Gasteiger partial charge in [0.1, 0.15) is 5.82 Å². The van der Waals surface area contributed by atoms with Crippen LogP contribution in [0.25, 0.3) is 11.0 Å². The average Bonchev–Trinajstić information content (AvgIpc) is 2.74. The van der Waals surface area contributed by atoms with Gasteiger partial charge < -0.3 is 4.57 Å². The average molecular weight is 253 g/mol. The molecule has 0 amide bonds. The van der Waals surface area contributed by atoms with Gasteiger partial charge in [-0.15, -0.1) is 0 Å². The van der Waals surface area contributed by atoms with Gasteiger partial charge in [0.15, 0.2) is 0 Å². The van der Waals surface area contributed by atoms with E-state index in [0.29, 0.717) is 5.92 Å². The molecule has 2 aromatic rings. The first-order chi connectivity index (χ1) is 9.20. The van der Waals surface area contributed by atoms with E-state index in [1.807, 2.05) is 25.1 Å². The molecule has 0 N–H and O–H groups in total. The van der Waals surface area contributed by atoms with Crippen LogP contribution < -0.4 is 0 Å². The van der Waals surface area contributed by atoms with E-state index < -0.39 is 0 Å². The van der Waals surface area contributed by atoms with Crippen LogP contribution in [0.1, 0.15) is 38.1 Å². The number of hydrogen-bond acceptors (Lipinski definition) is 2. The molecule has 0 radical (unpaired) electrons. The lowest BCUT2D eigenvalue weighted by molar-refractivity contribution is 0.234. The molecule has 98 valence electrons. The summed E-state index contributed by atoms with van der Waals surface area (Å²) in [6, 6.07) is 11.0. The Morgan fingerprint density at radius 3 is 2.89 bits per heavy atom. The molecule has 1 heterocycles. The first-order valence-corrected chi connectivity index (χ1v) is 7.04. The summed E-state index contributed by atoms with van der Waals surface area (Å²) in [6.07, 6.45) is 3.26. The zero-order chi connectivity index (χ0) is 13.4. The fourth-order valence-corrected chi connectivity index (χ4v) is 3.37. The largest absolute Gasteiger partial charge is 0.324 e. The first-order valence-electron chi connectivity index (χ1n) is 7.04. The molecule has 3 atom stereocenters. The van der Waals surface area contributed by atoms with Gasteiger partial charge >= 0.3 is 0 Å². The number of aromatic nitrogens is 2. The van der Waals surface area contributed by atoms with Crippen LogP contribution in [0, 0.1) is 30.1 Å². The predicted molar refractivity (Wildman–Crippen MR) is 75.6 cm³/mol. The van der Waals surface area contributed by atoms with Crippen LogP contribution in [-0.4, -0.2) is 9.55 Å². The van der Waals surface area contributed by atoms with E-state index >= 15 is 0 Å². The highest BCUT2D eigenvalue weighted by molar-refractivity contribution is 5.76. The van der Waals surface area contributed by atoms with Crippen molar-refractivity contribution in [1.82, 2.24) is 9.55 Å². The van der Waals surface area contributed by atoms with Gasteiger partial charge in [0.05, 0.1) is 29.1 Å². The summed E-state index contributed by atoms with van der Waals surface area (Å²) in [7, 11) is 0. The molecule has 3 unspecified atom stereocenters. The highest BCUT2D eigenvalue weighted by atomic mass is 15.1. The van der Waals surface area contributed by atoms with Crippen LogP contribution in [0.15, 0.2) is 24.3 Å². The Morgan fingerprint density at radius 1 is 1.32 bits per heavy atom. The smallest absolute Gasteiger partial charge is 0.107 e. The van der Waals surface area contributed by atoms with Crippen LogP contribution in [0.3, 0.4) is 0 Å². The van der Waals surface area contributed by atoms with Crippen molar-refractivity contribution >= 4 is 11.0 Å². The summed E-state index contributed by atoms with van der Waals surface area (Å²) in [5.41, 5.74) is 2.20. The maximum absolute atomic E-state index is 9.43. The topological polar surface area (TPSA) is 41.6 Å². The summed E-state index contributed by atoms with van der Waals surface area (Å²) < 4.78 is 2.29. The maximum atomic E-state index is 9.43. The van der Waals surface area contributed by atoms with Gasteiger partial charge in [-0.25, -0.2) is 4.98 Å². The second-order valence-electron chi connectivity index (χ2n) is 5.74. The normalized spacial score (nSPS) is 27.3. The summed E-state index contributed by atoms with van der Waals surface area (Å²) >= 11 is 0. The number of benzene rings is 1. The molecule has 0 aliphatic heterocycles. The van der Waals surface area contributed by atoms with Crippen LogP contribution in [0.2, 0.25) is 0 Å². The van der Waals surface area contributed by atoms with Gasteiger partial charge in [0.25, 0.3) is 0 Å². The Kier molecular flexibility index (Phi) is 3.02. The number of hydrogen-bond donors (Lipinski definition) is 0. The highest BCUT2D eigenvalue weighted by Crippen LogP contribution is 2.39. The third-order valence-electron chi connectivity index (χ3n) is 4.35. The Balaban J connectivity index is 2.12. The fraction of sp³-hybridized carbons (Fsp3) is 0.500.